The zero-order valence-corrected chi connectivity index (χ0v) is 21.9. The minimum absolute atomic E-state index is 0.163. The van der Waals surface area contributed by atoms with E-state index < -0.39 is 0 Å². The highest BCUT2D eigenvalue weighted by Gasteiger charge is 2.27. The summed E-state index contributed by atoms with van der Waals surface area (Å²) in [6.07, 6.45) is 5.22. The van der Waals surface area contributed by atoms with Gasteiger partial charge in [0, 0.05) is 16.8 Å². The van der Waals surface area contributed by atoms with E-state index in [0.29, 0.717) is 6.61 Å². The zero-order chi connectivity index (χ0) is 25.2. The molecule has 0 bridgehead atoms. The van der Waals surface area contributed by atoms with Crippen molar-refractivity contribution in [1.29, 1.82) is 0 Å². The van der Waals surface area contributed by atoms with Gasteiger partial charge >= 0.3 is 5.97 Å². The fourth-order valence-electron chi connectivity index (χ4n) is 4.30. The van der Waals surface area contributed by atoms with Gasteiger partial charge in [-0.1, -0.05) is 123 Å². The highest BCUT2D eigenvalue weighted by atomic mass is 32.2. The van der Waals surface area contributed by atoms with Crippen molar-refractivity contribution in [3.05, 3.63) is 91.0 Å². The van der Waals surface area contributed by atoms with Crippen LogP contribution in [0, 0.1) is 0 Å². The zero-order valence-electron chi connectivity index (χ0n) is 21.1. The van der Waals surface area contributed by atoms with Crippen LogP contribution in [0.5, 0.6) is 0 Å². The number of carbonyl (C=O) groups is 1. The quantitative estimate of drug-likeness (QED) is 0.112. The molecule has 5 heteroatoms. The SMILES string of the molecule is CCCCCCC(Sc1nc(-c2ccccc2)c(-c2ccccc2)n1-c1ccccc1)C(=O)OCC. The van der Waals surface area contributed by atoms with Crippen LogP contribution in [0.1, 0.15) is 46.0 Å². The molecule has 186 valence electrons. The first-order valence-electron chi connectivity index (χ1n) is 12.8. The van der Waals surface area contributed by atoms with Gasteiger partial charge in [-0.2, -0.15) is 0 Å². The summed E-state index contributed by atoms with van der Waals surface area (Å²) >= 11 is 1.52. The molecule has 0 fully saturated rings. The third kappa shape index (κ3) is 6.27. The van der Waals surface area contributed by atoms with Crippen molar-refractivity contribution in [3.8, 4) is 28.2 Å². The lowest BCUT2D eigenvalue weighted by atomic mass is 10.0. The van der Waals surface area contributed by atoms with Crippen LogP contribution >= 0.6 is 11.8 Å². The summed E-state index contributed by atoms with van der Waals surface area (Å²) in [5.74, 6) is -0.163. The predicted molar refractivity (Wildman–Crippen MR) is 149 cm³/mol. The third-order valence-electron chi connectivity index (χ3n) is 6.07. The Labute approximate surface area is 218 Å². The normalized spacial score (nSPS) is 11.8. The lowest BCUT2D eigenvalue weighted by Gasteiger charge is -2.17. The molecule has 0 amide bonds. The largest absolute Gasteiger partial charge is 0.465 e. The maximum atomic E-state index is 13.0. The Bertz CT molecular complexity index is 1220. The van der Waals surface area contributed by atoms with Gasteiger partial charge in [0.1, 0.15) is 5.25 Å². The highest BCUT2D eigenvalue weighted by molar-refractivity contribution is 8.00. The molecular weight excluding hydrogens is 464 g/mol. The van der Waals surface area contributed by atoms with E-state index >= 15 is 0 Å². The van der Waals surface area contributed by atoms with E-state index in [2.05, 4.69) is 60.0 Å². The predicted octanol–water partition coefficient (Wildman–Crippen LogP) is 8.20. The number of hydrogen-bond acceptors (Lipinski definition) is 4. The number of benzene rings is 3. The molecule has 4 nitrogen and oxygen atoms in total. The summed E-state index contributed by atoms with van der Waals surface area (Å²) < 4.78 is 7.68. The van der Waals surface area contributed by atoms with Crippen molar-refractivity contribution in [3.63, 3.8) is 0 Å². The Balaban J connectivity index is 1.85. The van der Waals surface area contributed by atoms with Gasteiger partial charge in [0.15, 0.2) is 5.16 Å². The van der Waals surface area contributed by atoms with Gasteiger partial charge in [-0.3, -0.25) is 9.36 Å². The molecule has 1 atom stereocenters. The fourth-order valence-corrected chi connectivity index (χ4v) is 5.45. The number of imidazole rings is 1. The first-order valence-corrected chi connectivity index (χ1v) is 13.7. The number of para-hydroxylation sites is 1. The van der Waals surface area contributed by atoms with Gasteiger partial charge < -0.3 is 4.74 Å². The summed E-state index contributed by atoms with van der Waals surface area (Å²) in [5, 5.41) is 0.492. The molecule has 0 saturated carbocycles. The monoisotopic (exact) mass is 498 g/mol. The van der Waals surface area contributed by atoms with E-state index in [1.54, 1.807) is 0 Å². The lowest BCUT2D eigenvalue weighted by molar-refractivity contribution is -0.142. The molecule has 4 rings (SSSR count). The smallest absolute Gasteiger partial charge is 0.319 e. The number of hydrogen-bond donors (Lipinski definition) is 0. The number of nitrogens with zero attached hydrogens (tertiary/aromatic N) is 2. The Hall–Kier alpha value is -3.31. The van der Waals surface area contributed by atoms with Crippen molar-refractivity contribution in [2.75, 3.05) is 6.61 Å². The second-order valence-electron chi connectivity index (χ2n) is 8.70. The number of carbonyl (C=O) groups excluding carboxylic acids is 1. The van der Waals surface area contributed by atoms with Gasteiger partial charge in [0.2, 0.25) is 0 Å². The van der Waals surface area contributed by atoms with Crippen LogP contribution in [0.3, 0.4) is 0 Å². The number of thioether (sulfide) groups is 1. The molecule has 0 aliphatic rings. The maximum Gasteiger partial charge on any atom is 0.319 e. The van der Waals surface area contributed by atoms with E-state index in [1.807, 2.05) is 49.4 Å². The first-order chi connectivity index (χ1) is 17.7. The van der Waals surface area contributed by atoms with Crippen LogP contribution in [0.4, 0.5) is 0 Å². The molecule has 0 spiro atoms. The summed E-state index contributed by atoms with van der Waals surface area (Å²) in [6, 6.07) is 30.9. The Morgan fingerprint density at radius 1 is 0.833 bits per heavy atom. The summed E-state index contributed by atoms with van der Waals surface area (Å²) in [6.45, 7) is 4.44. The molecule has 1 unspecified atom stereocenters. The molecule has 1 heterocycles. The minimum atomic E-state index is -0.307. The molecule has 0 radical (unpaired) electrons. The van der Waals surface area contributed by atoms with Gasteiger partial charge in [-0.15, -0.1) is 0 Å². The molecule has 0 saturated heterocycles. The Morgan fingerprint density at radius 3 is 2.06 bits per heavy atom. The number of esters is 1. The lowest BCUT2D eigenvalue weighted by Crippen LogP contribution is -2.21. The number of ether oxygens (including phenoxy) is 1. The molecule has 0 N–H and O–H groups in total. The first kappa shape index (κ1) is 25.8. The van der Waals surface area contributed by atoms with Crippen LogP contribution in [-0.4, -0.2) is 27.4 Å². The van der Waals surface area contributed by atoms with Gasteiger partial charge in [-0.05, 0) is 25.5 Å². The minimum Gasteiger partial charge on any atom is -0.465 e. The topological polar surface area (TPSA) is 44.1 Å². The number of aromatic nitrogens is 2. The van der Waals surface area contributed by atoms with E-state index in [-0.39, 0.29) is 11.2 Å². The molecular formula is C31H34N2O2S. The van der Waals surface area contributed by atoms with E-state index in [4.69, 9.17) is 9.72 Å². The Morgan fingerprint density at radius 2 is 1.44 bits per heavy atom. The fraction of sp³-hybridized carbons (Fsp3) is 0.290. The van der Waals surface area contributed by atoms with Crippen LogP contribution in [0.2, 0.25) is 0 Å². The number of unbranched alkanes of at least 4 members (excludes halogenated alkanes) is 3. The average molecular weight is 499 g/mol. The molecule has 4 aromatic rings. The van der Waals surface area contributed by atoms with Crippen molar-refractivity contribution in [1.82, 2.24) is 9.55 Å². The Kier molecular flexibility index (Phi) is 9.40. The molecule has 0 aliphatic carbocycles. The summed E-state index contributed by atoms with van der Waals surface area (Å²) in [7, 11) is 0. The molecule has 3 aromatic carbocycles. The highest BCUT2D eigenvalue weighted by Crippen LogP contribution is 2.40. The number of rotatable bonds is 12. The van der Waals surface area contributed by atoms with Crippen molar-refractivity contribution in [2.24, 2.45) is 0 Å². The summed E-state index contributed by atoms with van der Waals surface area (Å²) in [4.78, 5) is 18.2. The third-order valence-corrected chi connectivity index (χ3v) is 7.27. The van der Waals surface area contributed by atoms with Crippen LogP contribution in [0.15, 0.2) is 96.2 Å². The van der Waals surface area contributed by atoms with Crippen molar-refractivity contribution in [2.45, 2.75) is 56.4 Å². The van der Waals surface area contributed by atoms with Crippen molar-refractivity contribution < 1.29 is 9.53 Å². The maximum absolute atomic E-state index is 13.0. The summed E-state index contributed by atoms with van der Waals surface area (Å²) in [5.41, 5.74) is 5.06. The second-order valence-corrected chi connectivity index (χ2v) is 9.87. The standard InChI is InChI=1S/C31H34N2O2S/c1-3-5-6-16-23-27(30(34)35-4-2)36-31-32-28(24-17-10-7-11-18-24)29(25-19-12-8-13-20-25)33(31)26-21-14-9-15-22-26/h7-15,17-22,27H,3-6,16,23H2,1-2H3. The van der Waals surface area contributed by atoms with Crippen molar-refractivity contribution >= 4 is 17.7 Å². The van der Waals surface area contributed by atoms with E-state index in [1.165, 1.54) is 18.2 Å². The molecule has 36 heavy (non-hydrogen) atoms. The van der Waals surface area contributed by atoms with E-state index in [9.17, 15) is 4.79 Å². The van der Waals surface area contributed by atoms with Crippen LogP contribution in [0.25, 0.3) is 28.2 Å². The molecule has 0 aliphatic heterocycles. The van der Waals surface area contributed by atoms with Crippen LogP contribution in [-0.2, 0) is 9.53 Å². The van der Waals surface area contributed by atoms with Gasteiger partial charge in [0.05, 0.1) is 18.0 Å². The van der Waals surface area contributed by atoms with Gasteiger partial charge in [0.25, 0.3) is 0 Å². The second kappa shape index (κ2) is 13.1. The van der Waals surface area contributed by atoms with Crippen LogP contribution < -0.4 is 0 Å². The van der Waals surface area contributed by atoms with Gasteiger partial charge in [-0.25, -0.2) is 4.98 Å². The molecule has 1 aromatic heterocycles. The van der Waals surface area contributed by atoms with E-state index in [0.717, 1.165) is 59.0 Å². The average Bonchev–Trinajstić information content (AvgIpc) is 3.31.